The Morgan fingerprint density at radius 3 is 1.56 bits per heavy atom. The van der Waals surface area contributed by atoms with E-state index in [-0.39, 0.29) is 0 Å². The van der Waals surface area contributed by atoms with Crippen molar-refractivity contribution in [2.45, 2.75) is 34.2 Å². The summed E-state index contributed by atoms with van der Waals surface area (Å²) >= 11 is -3.08. The van der Waals surface area contributed by atoms with Gasteiger partial charge < -0.3 is 0 Å². The van der Waals surface area contributed by atoms with Crippen molar-refractivity contribution in [2.24, 2.45) is 0 Å². The molecule has 0 aromatic heterocycles. The summed E-state index contributed by atoms with van der Waals surface area (Å²) in [4.78, 5) is 0. The molecule has 2 atom stereocenters. The van der Waals surface area contributed by atoms with E-state index in [9.17, 15) is 0 Å². The van der Waals surface area contributed by atoms with Crippen LogP contribution in [-0.4, -0.2) is 5.92 Å². The summed E-state index contributed by atoms with van der Waals surface area (Å²) in [5.41, 5.74) is 8.81. The minimum atomic E-state index is -3.08. The molecule has 0 heterocycles. The van der Waals surface area contributed by atoms with Gasteiger partial charge in [-0.1, -0.05) is 0 Å². The molecule has 3 heteroatoms. The van der Waals surface area contributed by atoms with Crippen LogP contribution in [0, 0.1) is 0 Å². The first-order valence-corrected chi connectivity index (χ1v) is 22.3. The van der Waals surface area contributed by atoms with Crippen molar-refractivity contribution in [3.8, 4) is 0 Å². The first-order chi connectivity index (χ1) is 11.9. The van der Waals surface area contributed by atoms with Crippen LogP contribution in [0.2, 0.25) is 13.1 Å². The third kappa shape index (κ3) is 2.64. The molecule has 2 aliphatic carbocycles. The number of benzene rings is 2. The summed E-state index contributed by atoms with van der Waals surface area (Å²) in [7, 11) is 7.92. The van der Waals surface area contributed by atoms with Crippen LogP contribution < -0.4 is 0 Å². The molecule has 128 valence electrons. The zero-order valence-electron chi connectivity index (χ0n) is 15.4. The normalized spacial score (nSPS) is 23.8. The van der Waals surface area contributed by atoms with Gasteiger partial charge in [-0.3, -0.25) is 0 Å². The van der Waals surface area contributed by atoms with Crippen molar-refractivity contribution in [1.29, 1.82) is 0 Å². The molecule has 0 saturated heterocycles. The van der Waals surface area contributed by atoms with E-state index < -0.39 is 24.2 Å². The summed E-state index contributed by atoms with van der Waals surface area (Å²) < 4.78 is 1.02. The third-order valence-electron chi connectivity index (χ3n) is 6.06. The first kappa shape index (κ1) is 17.7. The Kier molecular flexibility index (Phi) is 4.59. The van der Waals surface area contributed by atoms with E-state index in [4.69, 9.17) is 8.51 Å². The molecule has 2 aromatic rings. The van der Waals surface area contributed by atoms with Crippen LogP contribution in [0.1, 0.15) is 43.4 Å². The molecule has 0 saturated carbocycles. The van der Waals surface area contributed by atoms with E-state index in [0.717, 1.165) is 0 Å². The molecular weight excluding hydrogens is 419 g/mol. The molecule has 0 radical (unpaired) electrons. The number of allylic oxidation sites excluding steroid dienone is 2. The summed E-state index contributed by atoms with van der Waals surface area (Å²) in [6.45, 7) is 9.64. The predicted molar refractivity (Wildman–Crippen MR) is 110 cm³/mol. The molecule has 0 amide bonds. The quantitative estimate of drug-likeness (QED) is 0.469. The maximum absolute atomic E-state index is 7.92. The van der Waals surface area contributed by atoms with Crippen LogP contribution in [-0.2, 0) is 18.2 Å². The monoisotopic (exact) mass is 442 g/mol. The van der Waals surface area contributed by atoms with Gasteiger partial charge in [0.15, 0.2) is 0 Å². The van der Waals surface area contributed by atoms with E-state index in [0.29, 0.717) is 7.25 Å². The fourth-order valence-corrected chi connectivity index (χ4v) is 33.1. The average molecular weight is 444 g/mol. The van der Waals surface area contributed by atoms with Gasteiger partial charge in [0, 0.05) is 0 Å². The van der Waals surface area contributed by atoms with Gasteiger partial charge in [-0.15, -0.1) is 0 Å². The van der Waals surface area contributed by atoms with Crippen LogP contribution in [0.25, 0.3) is 12.2 Å². The van der Waals surface area contributed by atoms with Gasteiger partial charge >= 0.3 is 161 Å². The van der Waals surface area contributed by atoms with Crippen molar-refractivity contribution >= 4 is 26.6 Å². The molecule has 2 aliphatic rings. The second-order valence-electron chi connectivity index (χ2n) is 7.88. The van der Waals surface area contributed by atoms with Crippen molar-refractivity contribution in [2.75, 3.05) is 0 Å². The summed E-state index contributed by atoms with van der Waals surface area (Å²) in [6, 6.07) is 17.9. The molecular formula is C22H25ClSiZr. The van der Waals surface area contributed by atoms with E-state index in [1.807, 2.05) is 0 Å². The summed E-state index contributed by atoms with van der Waals surface area (Å²) in [5, 5.41) is 0. The number of halogens is 1. The fourth-order valence-electron chi connectivity index (χ4n) is 4.97. The van der Waals surface area contributed by atoms with Crippen LogP contribution >= 0.6 is 8.51 Å². The van der Waals surface area contributed by atoms with E-state index >= 15 is 0 Å². The van der Waals surface area contributed by atoms with Crippen LogP contribution in [0.15, 0.2) is 59.7 Å². The minimum absolute atomic E-state index is 0.512. The first-order valence-electron chi connectivity index (χ1n) is 9.17. The Morgan fingerprint density at radius 2 is 1.16 bits per heavy atom. The number of hydrogen-bond donors (Lipinski definition) is 0. The van der Waals surface area contributed by atoms with Gasteiger partial charge in [-0.25, -0.2) is 0 Å². The van der Waals surface area contributed by atoms with Gasteiger partial charge in [-0.05, 0) is 0 Å². The van der Waals surface area contributed by atoms with E-state index in [1.54, 1.807) is 0 Å². The molecule has 0 nitrogen and oxygen atoms in total. The average Bonchev–Trinajstić information content (AvgIpc) is 3.09. The zero-order valence-corrected chi connectivity index (χ0v) is 19.8. The molecule has 0 spiro atoms. The van der Waals surface area contributed by atoms with Crippen molar-refractivity contribution in [3.63, 3.8) is 0 Å². The molecule has 0 bridgehead atoms. The Morgan fingerprint density at radius 1 is 0.760 bits per heavy atom. The number of rotatable bonds is 3. The van der Waals surface area contributed by atoms with Gasteiger partial charge in [0.25, 0.3) is 0 Å². The molecule has 0 N–H and O–H groups in total. The van der Waals surface area contributed by atoms with Gasteiger partial charge in [0.1, 0.15) is 0 Å². The summed E-state index contributed by atoms with van der Waals surface area (Å²) in [6.07, 6.45) is 4.79. The topological polar surface area (TPSA) is 0 Å². The third-order valence-corrected chi connectivity index (χ3v) is 43.3. The maximum atomic E-state index is 7.92. The van der Waals surface area contributed by atoms with Gasteiger partial charge in [0.05, 0.1) is 0 Å². The Hall–Kier alpha value is -0.690. The molecule has 0 aliphatic heterocycles. The van der Waals surface area contributed by atoms with Crippen molar-refractivity contribution < 1.29 is 18.2 Å². The zero-order chi connectivity index (χ0) is 17.8. The van der Waals surface area contributed by atoms with Gasteiger partial charge in [-0.2, -0.15) is 0 Å². The molecule has 2 unspecified atom stereocenters. The number of hydrogen-bond acceptors (Lipinski definition) is 0. The van der Waals surface area contributed by atoms with Crippen molar-refractivity contribution in [3.05, 3.63) is 81.9 Å². The molecule has 25 heavy (non-hydrogen) atoms. The predicted octanol–water partition coefficient (Wildman–Crippen LogP) is 6.59. The Bertz CT molecular complexity index is 829. The van der Waals surface area contributed by atoms with Crippen LogP contribution in [0.3, 0.4) is 0 Å². The Balaban J connectivity index is 1.91. The summed E-state index contributed by atoms with van der Waals surface area (Å²) in [5.74, 6) is -1.01. The second kappa shape index (κ2) is 6.48. The Labute approximate surface area is 160 Å². The molecule has 0 fully saturated rings. The van der Waals surface area contributed by atoms with Crippen LogP contribution in [0.5, 0.6) is 0 Å². The van der Waals surface area contributed by atoms with E-state index in [1.165, 1.54) is 33.4 Å². The molecule has 2 aromatic carbocycles. The second-order valence-corrected chi connectivity index (χ2v) is 37.3. The van der Waals surface area contributed by atoms with Crippen LogP contribution in [0.4, 0.5) is 0 Å². The van der Waals surface area contributed by atoms with E-state index in [2.05, 4.69) is 87.6 Å². The van der Waals surface area contributed by atoms with Crippen molar-refractivity contribution in [1.82, 2.24) is 0 Å². The van der Waals surface area contributed by atoms with Gasteiger partial charge in [0.2, 0.25) is 0 Å². The standard InChI is InChI=1S/2C10H9.C2H7Si.ClH.Zr/c2*1-8-6-9-4-2-3-5-10(9)7-8;1-3-2;;/h2*2-7H,1H3;3H,1-2H3;1H;/q;;;;+1/p-1. The fraction of sp³-hybridized carbons (Fsp3) is 0.273. The molecule has 4 rings (SSSR count). The SMILES string of the molecule is CC1=Cc2ccccc2[CH]1[Zr]([Cl])([CH]1C(C)=Cc2ccccc21)[SiH](C)C. The number of fused-ring (bicyclic) bond motifs is 2.